The first-order chi connectivity index (χ1) is 10.3. The second-order valence-electron chi connectivity index (χ2n) is 6.25. The number of ether oxygens (including phenoxy) is 1. The van der Waals surface area contributed by atoms with E-state index in [4.69, 9.17) is 10.5 Å². The molecular formula is C18H22N2O. The third kappa shape index (κ3) is 1.99. The number of rotatable bonds is 1. The van der Waals surface area contributed by atoms with Crippen molar-refractivity contribution in [3.63, 3.8) is 0 Å². The Hall–Kier alpha value is -1.74. The van der Waals surface area contributed by atoms with Crippen LogP contribution in [0.5, 0.6) is 5.75 Å². The van der Waals surface area contributed by atoms with Crippen LogP contribution in [0.3, 0.4) is 0 Å². The molecule has 0 saturated carbocycles. The Morgan fingerprint density at radius 1 is 1.19 bits per heavy atom. The fraction of sp³-hybridized carbons (Fsp3) is 0.444. The molecule has 2 unspecified atom stereocenters. The van der Waals surface area contributed by atoms with Gasteiger partial charge in [-0.3, -0.25) is 0 Å². The van der Waals surface area contributed by atoms with Crippen molar-refractivity contribution in [3.8, 4) is 5.75 Å². The molecule has 21 heavy (non-hydrogen) atoms. The van der Waals surface area contributed by atoms with Crippen molar-refractivity contribution in [2.75, 3.05) is 6.61 Å². The number of hydrogen-bond acceptors (Lipinski definition) is 2. The minimum atomic E-state index is 0.212. The standard InChI is InChI=1S/C18H22N2O/c1-12-11-14-15(19)6-4-7-16(14)20(12)17-9-10-21-18-8-3-2-5-13(17)18/h2-3,5,8,11,15,17H,4,6-7,9-10,19H2,1H3. The lowest BCUT2D eigenvalue weighted by Crippen LogP contribution is -2.24. The first-order valence-electron chi connectivity index (χ1n) is 7.93. The Morgan fingerprint density at radius 3 is 2.95 bits per heavy atom. The van der Waals surface area contributed by atoms with E-state index in [0.29, 0.717) is 6.04 Å². The minimum Gasteiger partial charge on any atom is -0.493 e. The molecule has 3 heteroatoms. The molecule has 1 aliphatic heterocycles. The lowest BCUT2D eigenvalue weighted by Gasteiger charge is -2.31. The zero-order valence-corrected chi connectivity index (χ0v) is 12.5. The molecule has 1 aromatic heterocycles. The molecule has 0 fully saturated rings. The number of para-hydroxylation sites is 1. The molecule has 3 nitrogen and oxygen atoms in total. The Bertz CT molecular complexity index is 674. The van der Waals surface area contributed by atoms with Gasteiger partial charge in [-0.2, -0.15) is 0 Å². The summed E-state index contributed by atoms with van der Waals surface area (Å²) in [5.41, 5.74) is 11.8. The van der Waals surface area contributed by atoms with E-state index in [2.05, 4.69) is 41.8 Å². The van der Waals surface area contributed by atoms with Gasteiger partial charge in [0.15, 0.2) is 0 Å². The van der Waals surface area contributed by atoms with Gasteiger partial charge in [-0.25, -0.2) is 0 Å². The van der Waals surface area contributed by atoms with Crippen molar-refractivity contribution in [2.45, 2.75) is 44.7 Å². The molecule has 0 saturated heterocycles. The summed E-state index contributed by atoms with van der Waals surface area (Å²) in [5, 5.41) is 0. The van der Waals surface area contributed by atoms with Gasteiger partial charge in [0.2, 0.25) is 0 Å². The quantitative estimate of drug-likeness (QED) is 0.869. The third-order valence-electron chi connectivity index (χ3n) is 4.94. The molecule has 110 valence electrons. The van der Waals surface area contributed by atoms with Crippen LogP contribution in [0.15, 0.2) is 30.3 Å². The summed E-state index contributed by atoms with van der Waals surface area (Å²) in [6, 6.07) is 11.4. The maximum absolute atomic E-state index is 6.31. The Labute approximate surface area is 125 Å². The van der Waals surface area contributed by atoms with Gasteiger partial charge in [-0.1, -0.05) is 18.2 Å². The maximum atomic E-state index is 6.31. The van der Waals surface area contributed by atoms with E-state index in [0.717, 1.165) is 31.6 Å². The summed E-state index contributed by atoms with van der Waals surface area (Å²) >= 11 is 0. The molecule has 0 bridgehead atoms. The highest BCUT2D eigenvalue weighted by molar-refractivity contribution is 5.41. The number of nitrogens with zero attached hydrogens (tertiary/aromatic N) is 1. The Balaban J connectivity index is 1.85. The average molecular weight is 282 g/mol. The van der Waals surface area contributed by atoms with Crippen LogP contribution < -0.4 is 10.5 Å². The number of benzene rings is 1. The summed E-state index contributed by atoms with van der Waals surface area (Å²) in [6.07, 6.45) is 4.49. The molecule has 2 atom stereocenters. The SMILES string of the molecule is Cc1cc2c(n1C1CCOc3ccccc31)CCCC2N. The molecule has 4 rings (SSSR count). The van der Waals surface area contributed by atoms with Crippen molar-refractivity contribution < 1.29 is 4.74 Å². The lowest BCUT2D eigenvalue weighted by atomic mass is 9.92. The monoisotopic (exact) mass is 282 g/mol. The molecule has 0 radical (unpaired) electrons. The van der Waals surface area contributed by atoms with Gasteiger partial charge >= 0.3 is 0 Å². The number of aromatic nitrogens is 1. The van der Waals surface area contributed by atoms with Crippen LogP contribution in [-0.2, 0) is 6.42 Å². The number of fused-ring (bicyclic) bond motifs is 2. The Kier molecular flexibility index (Phi) is 3.03. The fourth-order valence-electron chi connectivity index (χ4n) is 3.99. The lowest BCUT2D eigenvalue weighted by molar-refractivity contribution is 0.253. The van der Waals surface area contributed by atoms with Crippen molar-refractivity contribution >= 4 is 0 Å². The number of hydrogen-bond donors (Lipinski definition) is 1. The zero-order valence-electron chi connectivity index (χ0n) is 12.5. The van der Waals surface area contributed by atoms with Gasteiger partial charge in [-0.05, 0) is 43.9 Å². The largest absolute Gasteiger partial charge is 0.493 e. The molecule has 0 spiro atoms. The molecule has 2 aliphatic rings. The van der Waals surface area contributed by atoms with Crippen molar-refractivity contribution in [3.05, 3.63) is 52.8 Å². The van der Waals surface area contributed by atoms with E-state index in [9.17, 15) is 0 Å². The third-order valence-corrected chi connectivity index (χ3v) is 4.94. The van der Waals surface area contributed by atoms with Gasteiger partial charge in [0.1, 0.15) is 5.75 Å². The highest BCUT2D eigenvalue weighted by atomic mass is 16.5. The smallest absolute Gasteiger partial charge is 0.124 e. The fourth-order valence-corrected chi connectivity index (χ4v) is 3.99. The van der Waals surface area contributed by atoms with Gasteiger partial charge in [0.25, 0.3) is 0 Å². The number of nitrogens with two attached hydrogens (primary N) is 1. The van der Waals surface area contributed by atoms with Gasteiger partial charge in [0, 0.05) is 29.4 Å². The first-order valence-corrected chi connectivity index (χ1v) is 7.93. The summed E-state index contributed by atoms with van der Waals surface area (Å²) in [7, 11) is 0. The molecule has 1 aromatic carbocycles. The predicted molar refractivity (Wildman–Crippen MR) is 83.7 cm³/mol. The van der Waals surface area contributed by atoms with Crippen LogP contribution in [0.1, 0.15) is 53.9 Å². The van der Waals surface area contributed by atoms with Gasteiger partial charge in [-0.15, -0.1) is 0 Å². The average Bonchev–Trinajstić information content (AvgIpc) is 2.84. The van der Waals surface area contributed by atoms with E-state index < -0.39 is 0 Å². The molecule has 1 aliphatic carbocycles. The molecular weight excluding hydrogens is 260 g/mol. The van der Waals surface area contributed by atoms with Crippen LogP contribution in [0.4, 0.5) is 0 Å². The second-order valence-corrected chi connectivity index (χ2v) is 6.25. The maximum Gasteiger partial charge on any atom is 0.124 e. The van der Waals surface area contributed by atoms with Crippen LogP contribution >= 0.6 is 0 Å². The van der Waals surface area contributed by atoms with Crippen LogP contribution in [-0.4, -0.2) is 11.2 Å². The van der Waals surface area contributed by atoms with E-state index in [1.807, 2.05) is 0 Å². The molecule has 2 N–H and O–H groups in total. The highest BCUT2D eigenvalue weighted by Crippen LogP contribution is 2.40. The van der Waals surface area contributed by atoms with E-state index in [1.54, 1.807) is 0 Å². The number of aryl methyl sites for hydroxylation is 1. The van der Waals surface area contributed by atoms with E-state index in [-0.39, 0.29) is 6.04 Å². The zero-order chi connectivity index (χ0) is 14.4. The van der Waals surface area contributed by atoms with Gasteiger partial charge < -0.3 is 15.0 Å². The van der Waals surface area contributed by atoms with E-state index >= 15 is 0 Å². The topological polar surface area (TPSA) is 40.2 Å². The van der Waals surface area contributed by atoms with Crippen LogP contribution in [0.2, 0.25) is 0 Å². The van der Waals surface area contributed by atoms with Crippen LogP contribution in [0.25, 0.3) is 0 Å². The van der Waals surface area contributed by atoms with E-state index in [1.165, 1.54) is 28.9 Å². The highest BCUT2D eigenvalue weighted by Gasteiger charge is 2.29. The molecule has 0 amide bonds. The molecule has 2 heterocycles. The van der Waals surface area contributed by atoms with Crippen molar-refractivity contribution in [1.82, 2.24) is 4.57 Å². The van der Waals surface area contributed by atoms with Crippen LogP contribution in [0, 0.1) is 6.92 Å². The summed E-state index contributed by atoms with van der Waals surface area (Å²) in [4.78, 5) is 0. The minimum absolute atomic E-state index is 0.212. The second kappa shape index (κ2) is 4.92. The summed E-state index contributed by atoms with van der Waals surface area (Å²) in [5.74, 6) is 1.04. The molecule has 2 aromatic rings. The predicted octanol–water partition coefficient (Wildman–Crippen LogP) is 3.50. The normalized spacial score (nSPS) is 24.1. The van der Waals surface area contributed by atoms with Crippen molar-refractivity contribution in [2.24, 2.45) is 5.73 Å². The van der Waals surface area contributed by atoms with Crippen molar-refractivity contribution in [1.29, 1.82) is 0 Å². The summed E-state index contributed by atoms with van der Waals surface area (Å²) < 4.78 is 8.34. The Morgan fingerprint density at radius 2 is 2.05 bits per heavy atom. The van der Waals surface area contributed by atoms with Gasteiger partial charge in [0.05, 0.1) is 12.6 Å². The summed E-state index contributed by atoms with van der Waals surface area (Å²) in [6.45, 7) is 3.00. The first kappa shape index (κ1) is 13.0.